The summed E-state index contributed by atoms with van der Waals surface area (Å²) in [5, 5.41) is 0. The monoisotopic (exact) mass is 227 g/mol. The number of piperazine rings is 1. The second kappa shape index (κ2) is 5.15. The molecule has 0 aromatic heterocycles. The van der Waals surface area contributed by atoms with Crippen molar-refractivity contribution in [2.45, 2.75) is 45.7 Å². The molecule has 1 unspecified atom stereocenters. The van der Waals surface area contributed by atoms with Crippen LogP contribution in [0.2, 0.25) is 0 Å². The van der Waals surface area contributed by atoms with Gasteiger partial charge in [-0.2, -0.15) is 0 Å². The number of rotatable bonds is 3. The van der Waals surface area contributed by atoms with Gasteiger partial charge in [0.15, 0.2) is 0 Å². The molecule has 4 nitrogen and oxygen atoms in total. The lowest BCUT2D eigenvalue weighted by Gasteiger charge is -2.40. The van der Waals surface area contributed by atoms with Gasteiger partial charge in [0.1, 0.15) is 0 Å². The van der Waals surface area contributed by atoms with Gasteiger partial charge in [-0.15, -0.1) is 0 Å². The van der Waals surface area contributed by atoms with Gasteiger partial charge >= 0.3 is 0 Å². The van der Waals surface area contributed by atoms with E-state index in [1.165, 1.54) is 0 Å². The summed E-state index contributed by atoms with van der Waals surface area (Å²) in [5.41, 5.74) is 5.47. The van der Waals surface area contributed by atoms with Crippen LogP contribution >= 0.6 is 0 Å². The first-order valence-electron chi connectivity index (χ1n) is 6.14. The minimum Gasteiger partial charge on any atom is -0.340 e. The third-order valence-corrected chi connectivity index (χ3v) is 3.13. The highest BCUT2D eigenvalue weighted by molar-refractivity contribution is 5.77. The zero-order valence-electron chi connectivity index (χ0n) is 11.0. The topological polar surface area (TPSA) is 49.6 Å². The Balaban J connectivity index is 2.48. The van der Waals surface area contributed by atoms with Crippen LogP contribution in [0.3, 0.4) is 0 Å². The Kier molecular flexibility index (Phi) is 4.33. The van der Waals surface area contributed by atoms with Crippen molar-refractivity contribution in [1.29, 1.82) is 0 Å². The second-order valence-electron chi connectivity index (χ2n) is 5.48. The van der Waals surface area contributed by atoms with Crippen LogP contribution in [0.25, 0.3) is 0 Å². The summed E-state index contributed by atoms with van der Waals surface area (Å²) < 4.78 is 0. The predicted octanol–water partition coefficient (Wildman–Crippen LogP) is 0.666. The molecular weight excluding hydrogens is 202 g/mol. The van der Waals surface area contributed by atoms with Crippen molar-refractivity contribution in [2.75, 3.05) is 26.2 Å². The van der Waals surface area contributed by atoms with E-state index >= 15 is 0 Å². The van der Waals surface area contributed by atoms with E-state index in [9.17, 15) is 4.79 Å². The molecule has 1 fully saturated rings. The van der Waals surface area contributed by atoms with E-state index in [-0.39, 0.29) is 5.91 Å². The normalized spacial score (nSPS) is 23.6. The first-order valence-corrected chi connectivity index (χ1v) is 6.14. The SMILES string of the molecule is CCN1CCN(C(=O)CC(C)(C)N)CC1C. The van der Waals surface area contributed by atoms with E-state index in [1.54, 1.807) is 0 Å². The van der Waals surface area contributed by atoms with Crippen LogP contribution in [-0.4, -0.2) is 53.5 Å². The first-order chi connectivity index (χ1) is 7.33. The van der Waals surface area contributed by atoms with E-state index in [2.05, 4.69) is 18.7 Å². The molecule has 0 spiro atoms. The molecule has 0 bridgehead atoms. The highest BCUT2D eigenvalue weighted by Crippen LogP contribution is 2.13. The molecule has 1 atom stereocenters. The third-order valence-electron chi connectivity index (χ3n) is 3.13. The quantitative estimate of drug-likeness (QED) is 0.771. The van der Waals surface area contributed by atoms with Crippen molar-refractivity contribution in [3.63, 3.8) is 0 Å². The van der Waals surface area contributed by atoms with Crippen molar-refractivity contribution in [3.8, 4) is 0 Å². The van der Waals surface area contributed by atoms with Crippen molar-refractivity contribution in [3.05, 3.63) is 0 Å². The maximum Gasteiger partial charge on any atom is 0.224 e. The van der Waals surface area contributed by atoms with Gasteiger partial charge in [-0.25, -0.2) is 0 Å². The Bertz CT molecular complexity index is 247. The smallest absolute Gasteiger partial charge is 0.224 e. The minimum atomic E-state index is -0.401. The lowest BCUT2D eigenvalue weighted by Crippen LogP contribution is -2.54. The van der Waals surface area contributed by atoms with E-state index in [1.807, 2.05) is 18.7 Å². The molecular formula is C12H25N3O. The van der Waals surface area contributed by atoms with E-state index in [0.717, 1.165) is 26.2 Å². The standard InChI is InChI=1S/C12H25N3O/c1-5-14-6-7-15(9-10(14)2)11(16)8-12(3,4)13/h10H,5-9,13H2,1-4H3. The number of hydrogen-bond acceptors (Lipinski definition) is 3. The lowest BCUT2D eigenvalue weighted by molar-refractivity contribution is -0.135. The molecule has 0 aromatic rings. The van der Waals surface area contributed by atoms with Crippen molar-refractivity contribution >= 4 is 5.91 Å². The number of amides is 1. The second-order valence-corrected chi connectivity index (χ2v) is 5.48. The fourth-order valence-corrected chi connectivity index (χ4v) is 2.19. The number of nitrogens with two attached hydrogens (primary N) is 1. The number of carbonyl (C=O) groups is 1. The molecule has 16 heavy (non-hydrogen) atoms. The fourth-order valence-electron chi connectivity index (χ4n) is 2.19. The molecule has 0 saturated carbocycles. The first kappa shape index (κ1) is 13.5. The highest BCUT2D eigenvalue weighted by atomic mass is 16.2. The van der Waals surface area contributed by atoms with Gasteiger partial charge in [-0.05, 0) is 27.3 Å². The summed E-state index contributed by atoms with van der Waals surface area (Å²) in [4.78, 5) is 16.3. The Labute approximate surface area is 98.8 Å². The highest BCUT2D eigenvalue weighted by Gasteiger charge is 2.27. The fraction of sp³-hybridized carbons (Fsp3) is 0.917. The molecule has 1 aliphatic rings. The van der Waals surface area contributed by atoms with Crippen LogP contribution in [-0.2, 0) is 4.79 Å². The largest absolute Gasteiger partial charge is 0.340 e. The van der Waals surface area contributed by atoms with Gasteiger partial charge in [0, 0.05) is 37.6 Å². The van der Waals surface area contributed by atoms with Crippen LogP contribution in [0.4, 0.5) is 0 Å². The summed E-state index contributed by atoms with van der Waals surface area (Å²) in [6, 6.07) is 0.462. The maximum absolute atomic E-state index is 12.0. The maximum atomic E-state index is 12.0. The van der Waals surface area contributed by atoms with Crippen LogP contribution in [0, 0.1) is 0 Å². The minimum absolute atomic E-state index is 0.190. The Morgan fingerprint density at radius 1 is 1.44 bits per heavy atom. The molecule has 1 aliphatic heterocycles. The molecule has 1 heterocycles. The van der Waals surface area contributed by atoms with Crippen molar-refractivity contribution in [1.82, 2.24) is 9.80 Å². The van der Waals surface area contributed by atoms with Crippen molar-refractivity contribution in [2.24, 2.45) is 5.73 Å². The molecule has 2 N–H and O–H groups in total. The summed E-state index contributed by atoms with van der Waals surface area (Å²) in [6.07, 6.45) is 0.436. The number of likely N-dealkylation sites (N-methyl/N-ethyl adjacent to an activating group) is 1. The molecule has 94 valence electrons. The summed E-state index contributed by atoms with van der Waals surface area (Å²) in [6.45, 7) is 11.9. The average Bonchev–Trinajstić information content (AvgIpc) is 2.15. The van der Waals surface area contributed by atoms with Gasteiger partial charge in [-0.3, -0.25) is 9.69 Å². The average molecular weight is 227 g/mol. The summed E-state index contributed by atoms with van der Waals surface area (Å²) in [7, 11) is 0. The van der Waals surface area contributed by atoms with E-state index in [4.69, 9.17) is 5.73 Å². The zero-order valence-corrected chi connectivity index (χ0v) is 11.0. The van der Waals surface area contributed by atoms with Gasteiger partial charge in [0.05, 0.1) is 0 Å². The van der Waals surface area contributed by atoms with Gasteiger partial charge in [0.2, 0.25) is 5.91 Å². The molecule has 1 amide bonds. The Hall–Kier alpha value is -0.610. The van der Waals surface area contributed by atoms with E-state index in [0.29, 0.717) is 12.5 Å². The predicted molar refractivity (Wildman–Crippen MR) is 66.2 cm³/mol. The van der Waals surface area contributed by atoms with Crippen LogP contribution in [0.15, 0.2) is 0 Å². The molecule has 1 saturated heterocycles. The molecule has 0 aliphatic carbocycles. The Morgan fingerprint density at radius 2 is 2.06 bits per heavy atom. The van der Waals surface area contributed by atoms with Crippen LogP contribution in [0.1, 0.15) is 34.1 Å². The molecule has 0 radical (unpaired) electrons. The van der Waals surface area contributed by atoms with Gasteiger partial charge < -0.3 is 10.6 Å². The third kappa shape index (κ3) is 3.76. The Morgan fingerprint density at radius 3 is 2.50 bits per heavy atom. The number of nitrogens with zero attached hydrogens (tertiary/aromatic N) is 2. The van der Waals surface area contributed by atoms with Gasteiger partial charge in [-0.1, -0.05) is 6.92 Å². The summed E-state index contributed by atoms with van der Waals surface area (Å²) >= 11 is 0. The molecule has 0 aromatic carbocycles. The lowest BCUT2D eigenvalue weighted by atomic mass is 10.0. The molecule has 4 heteroatoms. The zero-order chi connectivity index (χ0) is 12.3. The van der Waals surface area contributed by atoms with Crippen LogP contribution in [0.5, 0.6) is 0 Å². The van der Waals surface area contributed by atoms with Gasteiger partial charge in [0.25, 0.3) is 0 Å². The van der Waals surface area contributed by atoms with E-state index < -0.39 is 5.54 Å². The number of hydrogen-bond donors (Lipinski definition) is 1. The molecule has 1 rings (SSSR count). The summed E-state index contributed by atoms with van der Waals surface area (Å²) in [5.74, 6) is 0.190. The number of carbonyl (C=O) groups excluding carboxylic acids is 1. The van der Waals surface area contributed by atoms with Crippen molar-refractivity contribution < 1.29 is 4.79 Å². The van der Waals surface area contributed by atoms with Crippen LogP contribution < -0.4 is 5.73 Å².